The van der Waals surface area contributed by atoms with E-state index in [9.17, 15) is 0 Å². The Morgan fingerprint density at radius 2 is 1.82 bits per heavy atom. The lowest BCUT2D eigenvalue weighted by atomic mass is 9.41. The number of aryl methyl sites for hydroxylation is 1. The van der Waals surface area contributed by atoms with Crippen molar-refractivity contribution in [1.29, 1.82) is 0 Å². The zero-order valence-electron chi connectivity index (χ0n) is 14.8. The lowest BCUT2D eigenvalue weighted by Gasteiger charge is -2.63. The second kappa shape index (κ2) is 4.58. The Morgan fingerprint density at radius 1 is 1.00 bits per heavy atom. The van der Waals surface area contributed by atoms with Gasteiger partial charge in [0.1, 0.15) is 0 Å². The Labute approximate surface area is 135 Å². The van der Waals surface area contributed by atoms with Crippen molar-refractivity contribution in [3.63, 3.8) is 0 Å². The minimum Gasteiger partial charge on any atom is -0.260 e. The number of hydrogen-bond acceptors (Lipinski definition) is 1. The first kappa shape index (κ1) is 14.7. The van der Waals surface area contributed by atoms with Gasteiger partial charge in [-0.05, 0) is 72.8 Å². The molecule has 0 spiro atoms. The SMILES string of the molecule is CC1(C)CCC[C@]2(C)[C@H]3CCc4cccnc4[C@]3(C)CC[C@@H]12. The number of nitrogens with zero attached hydrogens (tertiary/aromatic N) is 1. The van der Waals surface area contributed by atoms with Crippen LogP contribution < -0.4 is 0 Å². The summed E-state index contributed by atoms with van der Waals surface area (Å²) < 4.78 is 0. The van der Waals surface area contributed by atoms with Crippen LogP contribution in [-0.2, 0) is 11.8 Å². The van der Waals surface area contributed by atoms with Crippen molar-refractivity contribution < 1.29 is 0 Å². The predicted molar refractivity (Wildman–Crippen MR) is 91.9 cm³/mol. The van der Waals surface area contributed by atoms with Crippen LogP contribution in [0.15, 0.2) is 18.3 Å². The summed E-state index contributed by atoms with van der Waals surface area (Å²) in [4.78, 5) is 4.88. The molecule has 1 aromatic heterocycles. The van der Waals surface area contributed by atoms with Crippen molar-refractivity contribution in [3.05, 3.63) is 29.6 Å². The number of aromatic nitrogens is 1. The number of rotatable bonds is 0. The molecule has 0 saturated heterocycles. The van der Waals surface area contributed by atoms with Gasteiger partial charge in [0.15, 0.2) is 0 Å². The monoisotopic (exact) mass is 297 g/mol. The molecule has 120 valence electrons. The zero-order valence-corrected chi connectivity index (χ0v) is 14.8. The van der Waals surface area contributed by atoms with Crippen LogP contribution in [0.5, 0.6) is 0 Å². The molecule has 0 N–H and O–H groups in total. The van der Waals surface area contributed by atoms with E-state index in [1.54, 1.807) is 0 Å². The second-order valence-corrected chi connectivity index (χ2v) is 9.46. The Morgan fingerprint density at radius 3 is 2.64 bits per heavy atom. The van der Waals surface area contributed by atoms with Crippen LogP contribution in [0, 0.1) is 22.7 Å². The average molecular weight is 297 g/mol. The maximum absolute atomic E-state index is 4.88. The molecule has 2 fully saturated rings. The van der Waals surface area contributed by atoms with Gasteiger partial charge in [0.2, 0.25) is 0 Å². The molecule has 0 radical (unpaired) electrons. The van der Waals surface area contributed by atoms with E-state index < -0.39 is 0 Å². The van der Waals surface area contributed by atoms with Crippen molar-refractivity contribution in [3.8, 4) is 0 Å². The third-order valence-corrected chi connectivity index (χ3v) is 7.93. The molecule has 0 unspecified atom stereocenters. The van der Waals surface area contributed by atoms with Gasteiger partial charge >= 0.3 is 0 Å². The molecule has 1 heteroatoms. The molecule has 3 aliphatic rings. The summed E-state index contributed by atoms with van der Waals surface area (Å²) in [7, 11) is 0. The van der Waals surface area contributed by atoms with Crippen molar-refractivity contribution in [2.45, 2.75) is 78.1 Å². The highest BCUT2D eigenvalue weighted by molar-refractivity contribution is 5.33. The van der Waals surface area contributed by atoms with Crippen LogP contribution in [-0.4, -0.2) is 4.98 Å². The van der Waals surface area contributed by atoms with E-state index in [1.807, 2.05) is 6.20 Å². The van der Waals surface area contributed by atoms with Gasteiger partial charge in [-0.2, -0.15) is 0 Å². The number of hydrogen-bond donors (Lipinski definition) is 0. The molecule has 3 aliphatic carbocycles. The van der Waals surface area contributed by atoms with E-state index in [1.165, 1.54) is 56.2 Å². The van der Waals surface area contributed by atoms with E-state index in [-0.39, 0.29) is 0 Å². The molecule has 1 nitrogen and oxygen atoms in total. The van der Waals surface area contributed by atoms with Crippen molar-refractivity contribution >= 4 is 0 Å². The summed E-state index contributed by atoms with van der Waals surface area (Å²) in [5, 5.41) is 0. The van der Waals surface area contributed by atoms with Crippen molar-refractivity contribution in [2.75, 3.05) is 0 Å². The highest BCUT2D eigenvalue weighted by atomic mass is 14.8. The van der Waals surface area contributed by atoms with Crippen LogP contribution in [0.4, 0.5) is 0 Å². The van der Waals surface area contributed by atoms with Gasteiger partial charge in [0.25, 0.3) is 0 Å². The van der Waals surface area contributed by atoms with Crippen LogP contribution in [0.1, 0.15) is 77.5 Å². The Hall–Kier alpha value is -0.850. The molecule has 4 rings (SSSR count). The van der Waals surface area contributed by atoms with E-state index in [4.69, 9.17) is 4.98 Å². The molecule has 0 bridgehead atoms. The van der Waals surface area contributed by atoms with E-state index in [0.29, 0.717) is 16.2 Å². The first-order valence-corrected chi connectivity index (χ1v) is 9.32. The van der Waals surface area contributed by atoms with E-state index >= 15 is 0 Å². The lowest BCUT2D eigenvalue weighted by Crippen LogP contribution is -2.57. The summed E-state index contributed by atoms with van der Waals surface area (Å²) in [6, 6.07) is 4.45. The number of fused-ring (bicyclic) bond motifs is 5. The van der Waals surface area contributed by atoms with Crippen LogP contribution >= 0.6 is 0 Å². The largest absolute Gasteiger partial charge is 0.260 e. The van der Waals surface area contributed by atoms with Crippen LogP contribution in [0.25, 0.3) is 0 Å². The highest BCUT2D eigenvalue weighted by Gasteiger charge is 2.59. The molecule has 22 heavy (non-hydrogen) atoms. The third kappa shape index (κ3) is 1.80. The fourth-order valence-electron chi connectivity index (χ4n) is 7.04. The highest BCUT2D eigenvalue weighted by Crippen LogP contribution is 2.66. The molecular formula is C21H31N. The normalized spacial score (nSPS) is 42.9. The van der Waals surface area contributed by atoms with Gasteiger partial charge in [-0.1, -0.05) is 40.2 Å². The maximum Gasteiger partial charge on any atom is 0.0497 e. The molecule has 4 atom stereocenters. The molecule has 0 aliphatic heterocycles. The van der Waals surface area contributed by atoms with Crippen molar-refractivity contribution in [2.24, 2.45) is 22.7 Å². The summed E-state index contributed by atoms with van der Waals surface area (Å²) in [6.07, 6.45) is 11.6. The Kier molecular flexibility index (Phi) is 3.07. The summed E-state index contributed by atoms with van der Waals surface area (Å²) in [5.41, 5.74) is 4.32. The molecular weight excluding hydrogens is 266 g/mol. The molecule has 1 aromatic rings. The van der Waals surface area contributed by atoms with Gasteiger partial charge in [-0.3, -0.25) is 4.98 Å². The fraction of sp³-hybridized carbons (Fsp3) is 0.762. The number of pyridine rings is 1. The Balaban J connectivity index is 1.81. The topological polar surface area (TPSA) is 12.9 Å². The van der Waals surface area contributed by atoms with Crippen LogP contribution in [0.2, 0.25) is 0 Å². The van der Waals surface area contributed by atoms with E-state index in [2.05, 4.69) is 39.8 Å². The van der Waals surface area contributed by atoms with Gasteiger partial charge in [0.05, 0.1) is 0 Å². The average Bonchev–Trinajstić information content (AvgIpc) is 2.46. The van der Waals surface area contributed by atoms with E-state index in [0.717, 1.165) is 11.8 Å². The van der Waals surface area contributed by atoms with Crippen LogP contribution in [0.3, 0.4) is 0 Å². The Bertz CT molecular complexity index is 589. The predicted octanol–water partition coefficient (Wildman–Crippen LogP) is 5.53. The van der Waals surface area contributed by atoms with Gasteiger partial charge in [-0.25, -0.2) is 0 Å². The molecule has 1 heterocycles. The standard InChI is InChI=1S/C21H31N/c1-19(2)11-6-12-20(3)16(19)10-13-21(4)17(20)9-8-15-7-5-14-22-18(15)21/h5,7,14,16-17H,6,8-13H2,1-4H3/t16-,17+,20-,21+/m0/s1. The molecule has 0 aromatic carbocycles. The minimum absolute atomic E-state index is 0.313. The maximum atomic E-state index is 4.88. The summed E-state index contributed by atoms with van der Waals surface area (Å²) in [6.45, 7) is 10.2. The second-order valence-electron chi connectivity index (χ2n) is 9.46. The third-order valence-electron chi connectivity index (χ3n) is 7.93. The molecule has 0 amide bonds. The molecule has 2 saturated carbocycles. The first-order valence-electron chi connectivity index (χ1n) is 9.32. The van der Waals surface area contributed by atoms with Gasteiger partial charge in [0, 0.05) is 17.3 Å². The zero-order chi connectivity index (χ0) is 15.6. The van der Waals surface area contributed by atoms with Gasteiger partial charge in [-0.15, -0.1) is 0 Å². The quantitative estimate of drug-likeness (QED) is 0.613. The fourth-order valence-corrected chi connectivity index (χ4v) is 7.04. The summed E-state index contributed by atoms with van der Waals surface area (Å²) in [5.74, 6) is 1.72. The minimum atomic E-state index is 0.313. The lowest BCUT2D eigenvalue weighted by molar-refractivity contribution is -0.111. The summed E-state index contributed by atoms with van der Waals surface area (Å²) >= 11 is 0. The van der Waals surface area contributed by atoms with Gasteiger partial charge < -0.3 is 0 Å². The van der Waals surface area contributed by atoms with Crippen molar-refractivity contribution in [1.82, 2.24) is 4.98 Å². The smallest absolute Gasteiger partial charge is 0.0497 e. The first-order chi connectivity index (χ1) is 10.4.